The first-order chi connectivity index (χ1) is 12.0. The van der Waals surface area contributed by atoms with E-state index >= 15 is 0 Å². The lowest BCUT2D eigenvalue weighted by Gasteiger charge is -2.11. The van der Waals surface area contributed by atoms with E-state index in [1.54, 1.807) is 6.07 Å². The number of rotatable bonds is 6. The number of nitrogens with one attached hydrogen (secondary N) is 2. The Morgan fingerprint density at radius 2 is 2.04 bits per heavy atom. The quantitative estimate of drug-likeness (QED) is 0.477. The molecule has 0 radical (unpaired) electrons. The zero-order chi connectivity index (χ0) is 18.0. The largest absolute Gasteiger partial charge is 0.379 e. The number of carbonyl (C=O) groups excluding carboxylic acids is 2. The number of ketones is 1. The van der Waals surface area contributed by atoms with Crippen molar-refractivity contribution in [1.82, 2.24) is 0 Å². The third-order valence-electron chi connectivity index (χ3n) is 4.26. The molecule has 128 valence electrons. The number of nitrogens with zero attached hydrogens (tertiary/aromatic N) is 1. The average molecular weight is 339 g/mol. The predicted molar refractivity (Wildman–Crippen MR) is 94.0 cm³/mol. The van der Waals surface area contributed by atoms with Gasteiger partial charge in [0.25, 0.3) is 5.69 Å². The van der Waals surface area contributed by atoms with Gasteiger partial charge in [-0.1, -0.05) is 18.2 Å². The van der Waals surface area contributed by atoms with E-state index in [9.17, 15) is 19.7 Å². The van der Waals surface area contributed by atoms with E-state index in [2.05, 4.69) is 10.6 Å². The van der Waals surface area contributed by atoms with Crippen molar-refractivity contribution in [3.05, 3.63) is 63.7 Å². The van der Waals surface area contributed by atoms with Crippen LogP contribution in [0.4, 0.5) is 17.1 Å². The van der Waals surface area contributed by atoms with Crippen molar-refractivity contribution in [2.45, 2.75) is 19.3 Å². The molecule has 7 nitrogen and oxygen atoms in total. The fourth-order valence-corrected chi connectivity index (χ4v) is 2.96. The maximum Gasteiger partial charge on any atom is 0.293 e. The summed E-state index contributed by atoms with van der Waals surface area (Å²) in [7, 11) is 0. The monoisotopic (exact) mass is 339 g/mol. The molecule has 1 heterocycles. The fraction of sp³-hybridized carbons (Fsp3) is 0.222. The smallest absolute Gasteiger partial charge is 0.293 e. The van der Waals surface area contributed by atoms with Gasteiger partial charge in [0.15, 0.2) is 5.78 Å². The van der Waals surface area contributed by atoms with Gasteiger partial charge in [-0.15, -0.1) is 0 Å². The van der Waals surface area contributed by atoms with Crippen LogP contribution < -0.4 is 10.6 Å². The van der Waals surface area contributed by atoms with E-state index in [1.165, 1.54) is 19.1 Å². The summed E-state index contributed by atoms with van der Waals surface area (Å²) >= 11 is 0. The summed E-state index contributed by atoms with van der Waals surface area (Å²) < 4.78 is 0. The highest BCUT2D eigenvalue weighted by Crippen LogP contribution is 2.34. The molecule has 0 saturated heterocycles. The molecule has 7 heteroatoms. The molecule has 0 saturated carbocycles. The highest BCUT2D eigenvalue weighted by atomic mass is 16.6. The van der Waals surface area contributed by atoms with Crippen LogP contribution >= 0.6 is 0 Å². The second-order valence-electron chi connectivity index (χ2n) is 5.89. The molecule has 2 aromatic rings. The van der Waals surface area contributed by atoms with Crippen molar-refractivity contribution in [3.63, 3.8) is 0 Å². The van der Waals surface area contributed by atoms with Crippen LogP contribution in [0.25, 0.3) is 0 Å². The highest BCUT2D eigenvalue weighted by molar-refractivity contribution is 6.02. The maximum absolute atomic E-state index is 12.1. The predicted octanol–water partition coefficient (Wildman–Crippen LogP) is 3.34. The van der Waals surface area contributed by atoms with Crippen LogP contribution in [0, 0.1) is 10.1 Å². The zero-order valence-corrected chi connectivity index (χ0v) is 13.6. The maximum atomic E-state index is 12.1. The molecule has 1 amide bonds. The first-order valence-electron chi connectivity index (χ1n) is 7.90. The Balaban J connectivity index is 1.71. The fourth-order valence-electron chi connectivity index (χ4n) is 2.96. The lowest BCUT2D eigenvalue weighted by Crippen LogP contribution is -2.16. The minimum Gasteiger partial charge on any atom is -0.379 e. The molecular formula is C18H17N3O4. The molecule has 2 N–H and O–H groups in total. The molecule has 0 fully saturated rings. The molecule has 0 spiro atoms. The number of fused-ring (bicyclic) bond motifs is 1. The third-order valence-corrected chi connectivity index (χ3v) is 4.26. The molecule has 0 aromatic heterocycles. The molecule has 0 aliphatic carbocycles. The minimum absolute atomic E-state index is 0.0653. The van der Waals surface area contributed by atoms with E-state index in [-0.39, 0.29) is 23.3 Å². The minimum atomic E-state index is -0.521. The second-order valence-corrected chi connectivity index (χ2v) is 5.89. The van der Waals surface area contributed by atoms with Gasteiger partial charge in [-0.2, -0.15) is 0 Å². The number of Topliss-reactive ketones (excluding diaryl/α,β-unsaturated/α-hetero) is 1. The van der Waals surface area contributed by atoms with Gasteiger partial charge in [0, 0.05) is 23.9 Å². The Kier molecular flexibility index (Phi) is 4.47. The molecular weight excluding hydrogens is 322 g/mol. The molecule has 3 rings (SSSR count). The molecule has 2 aromatic carbocycles. The van der Waals surface area contributed by atoms with Gasteiger partial charge in [0.1, 0.15) is 5.69 Å². The van der Waals surface area contributed by atoms with Crippen LogP contribution in [0.15, 0.2) is 42.5 Å². The van der Waals surface area contributed by atoms with Crippen LogP contribution in [-0.4, -0.2) is 23.2 Å². The number of carbonyl (C=O) groups is 2. The van der Waals surface area contributed by atoms with E-state index in [0.717, 1.165) is 11.3 Å². The third kappa shape index (κ3) is 3.35. The Hall–Kier alpha value is -3.22. The van der Waals surface area contributed by atoms with Gasteiger partial charge in [0.2, 0.25) is 5.91 Å². The van der Waals surface area contributed by atoms with Gasteiger partial charge >= 0.3 is 0 Å². The average Bonchev–Trinajstić information content (AvgIpc) is 2.90. The number of para-hydroxylation sites is 1. The molecule has 1 aliphatic rings. The molecule has 0 bridgehead atoms. The summed E-state index contributed by atoms with van der Waals surface area (Å²) in [4.78, 5) is 34.2. The lowest BCUT2D eigenvalue weighted by atomic mass is 9.97. The Morgan fingerprint density at radius 3 is 2.76 bits per heavy atom. The zero-order valence-electron chi connectivity index (χ0n) is 13.6. The van der Waals surface area contributed by atoms with Crippen LogP contribution in [-0.2, 0) is 4.79 Å². The Labute approximate surface area is 144 Å². The first kappa shape index (κ1) is 16.6. The second kappa shape index (κ2) is 6.72. The first-order valence-corrected chi connectivity index (χ1v) is 7.90. The van der Waals surface area contributed by atoms with Crippen molar-refractivity contribution >= 4 is 28.8 Å². The van der Waals surface area contributed by atoms with Crippen molar-refractivity contribution in [2.75, 3.05) is 17.2 Å². The van der Waals surface area contributed by atoms with E-state index < -0.39 is 4.92 Å². The molecule has 1 atom stereocenters. The van der Waals surface area contributed by atoms with Gasteiger partial charge in [-0.05, 0) is 37.1 Å². The SMILES string of the molecule is CC(=O)c1ccc(NCCC2C(=O)Nc3ccccc32)c([N+](=O)[O-])c1. The summed E-state index contributed by atoms with van der Waals surface area (Å²) in [6.45, 7) is 1.76. The number of amides is 1. The van der Waals surface area contributed by atoms with Crippen LogP contribution in [0.3, 0.4) is 0 Å². The van der Waals surface area contributed by atoms with Gasteiger partial charge in [-0.3, -0.25) is 19.7 Å². The number of anilines is 2. The topological polar surface area (TPSA) is 101 Å². The van der Waals surface area contributed by atoms with Crippen molar-refractivity contribution in [3.8, 4) is 0 Å². The normalized spacial score (nSPS) is 15.4. The number of hydrogen-bond acceptors (Lipinski definition) is 5. The molecule has 1 unspecified atom stereocenters. The van der Waals surface area contributed by atoms with Gasteiger partial charge < -0.3 is 10.6 Å². The summed E-state index contributed by atoms with van der Waals surface area (Å²) in [5.74, 6) is -0.572. The molecule has 25 heavy (non-hydrogen) atoms. The lowest BCUT2D eigenvalue weighted by molar-refractivity contribution is -0.384. The van der Waals surface area contributed by atoms with Gasteiger partial charge in [-0.25, -0.2) is 0 Å². The number of benzene rings is 2. The number of nitro benzene ring substituents is 1. The Morgan fingerprint density at radius 1 is 1.28 bits per heavy atom. The van der Waals surface area contributed by atoms with Crippen LogP contribution in [0.1, 0.15) is 35.2 Å². The van der Waals surface area contributed by atoms with E-state index in [1.807, 2.05) is 24.3 Å². The number of hydrogen-bond donors (Lipinski definition) is 2. The van der Waals surface area contributed by atoms with E-state index in [4.69, 9.17) is 0 Å². The summed E-state index contributed by atoms with van der Waals surface area (Å²) in [5.41, 5.74) is 2.23. The molecule has 1 aliphatic heterocycles. The number of nitro groups is 1. The standard InChI is InChI=1S/C18H17N3O4/c1-11(22)12-6-7-16(17(10-12)21(24)25)19-9-8-14-13-4-2-3-5-15(13)20-18(14)23/h2-7,10,14,19H,8-9H2,1H3,(H,20,23). The van der Waals surface area contributed by atoms with E-state index in [0.29, 0.717) is 24.2 Å². The van der Waals surface area contributed by atoms with Crippen molar-refractivity contribution < 1.29 is 14.5 Å². The van der Waals surface area contributed by atoms with Crippen molar-refractivity contribution in [1.29, 1.82) is 0 Å². The van der Waals surface area contributed by atoms with Gasteiger partial charge in [0.05, 0.1) is 10.8 Å². The highest BCUT2D eigenvalue weighted by Gasteiger charge is 2.29. The van der Waals surface area contributed by atoms with Crippen LogP contribution in [0.5, 0.6) is 0 Å². The van der Waals surface area contributed by atoms with Crippen LogP contribution in [0.2, 0.25) is 0 Å². The summed E-state index contributed by atoms with van der Waals surface area (Å²) in [6, 6.07) is 11.8. The summed E-state index contributed by atoms with van der Waals surface area (Å²) in [5, 5.41) is 17.1. The summed E-state index contributed by atoms with van der Waals surface area (Å²) in [6.07, 6.45) is 0.508. The van der Waals surface area contributed by atoms with Crippen molar-refractivity contribution in [2.24, 2.45) is 0 Å². The Bertz CT molecular complexity index is 863.